The second-order valence-corrected chi connectivity index (χ2v) is 6.20. The van der Waals surface area contributed by atoms with Crippen molar-refractivity contribution in [3.63, 3.8) is 0 Å². The highest BCUT2D eigenvalue weighted by Crippen LogP contribution is 2.31. The molecule has 1 aliphatic heterocycles. The van der Waals surface area contributed by atoms with E-state index >= 15 is 0 Å². The summed E-state index contributed by atoms with van der Waals surface area (Å²) in [5.41, 5.74) is 0.810. The maximum absolute atomic E-state index is 12.5. The number of carbonyl (C=O) groups excluding carboxylic acids is 2. The zero-order chi connectivity index (χ0) is 20.1. The summed E-state index contributed by atoms with van der Waals surface area (Å²) < 4.78 is 46.8. The molecule has 3 rings (SSSR count). The molecule has 0 bridgehead atoms. The maximum atomic E-state index is 12.5. The van der Waals surface area contributed by atoms with Gasteiger partial charge in [-0.15, -0.1) is 0 Å². The molecule has 1 aromatic heterocycles. The molecule has 2 aromatic rings. The van der Waals surface area contributed by atoms with Crippen molar-refractivity contribution < 1.29 is 32.0 Å². The lowest BCUT2D eigenvalue weighted by Crippen LogP contribution is -2.39. The molecule has 1 N–H and O–H groups in total. The number of alkyl carbamates (subject to hydrolysis) is 1. The molecule has 2 amide bonds. The molecule has 0 aliphatic carbocycles. The van der Waals surface area contributed by atoms with E-state index in [2.05, 4.69) is 20.0 Å². The fourth-order valence-electron chi connectivity index (χ4n) is 2.75. The second kappa shape index (κ2) is 8.28. The topological polar surface area (TPSA) is 97.6 Å². The Hall–Kier alpha value is -3.11. The number of ether oxygens (including phenoxy) is 1. The largest absolute Gasteiger partial charge is 0.471 e. The van der Waals surface area contributed by atoms with E-state index in [0.29, 0.717) is 13.0 Å². The third-order valence-corrected chi connectivity index (χ3v) is 4.19. The van der Waals surface area contributed by atoms with Crippen molar-refractivity contribution in [2.24, 2.45) is 0 Å². The van der Waals surface area contributed by atoms with Crippen LogP contribution in [0.25, 0.3) is 0 Å². The van der Waals surface area contributed by atoms with Crippen molar-refractivity contribution in [3.8, 4) is 0 Å². The lowest BCUT2D eigenvalue weighted by atomic mass is 10.1. The third-order valence-electron chi connectivity index (χ3n) is 4.19. The SMILES string of the molecule is O=C(NCC(=O)N1CC[C@@H](c2noc(C(F)(F)F)n2)C1)OCc1ccccc1. The Balaban J connectivity index is 1.43. The number of nitrogens with zero attached hydrogens (tertiary/aromatic N) is 3. The smallest absolute Gasteiger partial charge is 0.445 e. The first-order valence-corrected chi connectivity index (χ1v) is 8.46. The van der Waals surface area contributed by atoms with Gasteiger partial charge >= 0.3 is 18.2 Å². The van der Waals surface area contributed by atoms with Crippen molar-refractivity contribution in [2.45, 2.75) is 25.1 Å². The van der Waals surface area contributed by atoms with Crippen LogP contribution in [0.2, 0.25) is 0 Å². The van der Waals surface area contributed by atoms with Crippen LogP contribution in [0.15, 0.2) is 34.9 Å². The molecule has 0 unspecified atom stereocenters. The van der Waals surface area contributed by atoms with E-state index in [9.17, 15) is 22.8 Å². The van der Waals surface area contributed by atoms with Crippen LogP contribution < -0.4 is 5.32 Å². The quantitative estimate of drug-likeness (QED) is 0.830. The summed E-state index contributed by atoms with van der Waals surface area (Å²) in [4.78, 5) is 28.6. The van der Waals surface area contributed by atoms with Gasteiger partial charge in [0.25, 0.3) is 0 Å². The highest BCUT2D eigenvalue weighted by molar-refractivity contribution is 5.82. The molecule has 2 heterocycles. The molecule has 150 valence electrons. The van der Waals surface area contributed by atoms with Crippen molar-refractivity contribution >= 4 is 12.0 Å². The number of hydrogen-bond donors (Lipinski definition) is 1. The maximum Gasteiger partial charge on any atom is 0.471 e. The minimum absolute atomic E-state index is 0.0754. The summed E-state index contributed by atoms with van der Waals surface area (Å²) in [6.45, 7) is 0.267. The third kappa shape index (κ3) is 4.99. The lowest BCUT2D eigenvalue weighted by molar-refractivity contribution is -0.159. The number of likely N-dealkylation sites (tertiary alicyclic amines) is 1. The minimum Gasteiger partial charge on any atom is -0.445 e. The number of hydrogen-bond acceptors (Lipinski definition) is 6. The van der Waals surface area contributed by atoms with Crippen molar-refractivity contribution in [2.75, 3.05) is 19.6 Å². The van der Waals surface area contributed by atoms with Gasteiger partial charge in [0.1, 0.15) is 13.2 Å². The molecule has 1 fully saturated rings. The number of nitrogens with one attached hydrogen (secondary N) is 1. The molecule has 1 aliphatic rings. The van der Waals surface area contributed by atoms with Gasteiger partial charge in [0.05, 0.1) is 0 Å². The number of halogens is 3. The number of amides is 2. The average Bonchev–Trinajstić information content (AvgIpc) is 3.34. The Morgan fingerprint density at radius 3 is 2.71 bits per heavy atom. The van der Waals surface area contributed by atoms with Gasteiger partial charge in [0.15, 0.2) is 5.82 Å². The molecule has 0 radical (unpaired) electrons. The second-order valence-electron chi connectivity index (χ2n) is 6.20. The van der Waals surface area contributed by atoms with E-state index in [-0.39, 0.29) is 31.4 Å². The standard InChI is InChI=1S/C17H17F3N4O4/c18-17(19,20)15-22-14(23-28-15)12-6-7-24(9-12)13(25)8-21-16(26)27-10-11-4-2-1-3-5-11/h1-5,12H,6-10H2,(H,21,26)/t12-/m1/s1. The van der Waals surface area contributed by atoms with E-state index < -0.39 is 24.1 Å². The normalized spacial score (nSPS) is 16.8. The minimum atomic E-state index is -4.70. The highest BCUT2D eigenvalue weighted by atomic mass is 19.4. The van der Waals surface area contributed by atoms with E-state index in [1.165, 1.54) is 4.90 Å². The highest BCUT2D eigenvalue weighted by Gasteiger charge is 2.40. The predicted octanol–water partition coefficient (Wildman–Crippen LogP) is 2.33. The van der Waals surface area contributed by atoms with Crippen LogP contribution in [0, 0.1) is 0 Å². The first kappa shape index (κ1) is 19.6. The zero-order valence-electron chi connectivity index (χ0n) is 14.6. The number of rotatable bonds is 5. The van der Waals surface area contributed by atoms with E-state index in [0.717, 1.165) is 5.56 Å². The average molecular weight is 398 g/mol. The van der Waals surface area contributed by atoms with Gasteiger partial charge in [-0.3, -0.25) is 4.79 Å². The van der Waals surface area contributed by atoms with Crippen molar-refractivity contribution in [1.29, 1.82) is 0 Å². The summed E-state index contributed by atoms with van der Waals surface area (Å²) in [6.07, 6.45) is -5.04. The summed E-state index contributed by atoms with van der Waals surface area (Å²) in [5, 5.41) is 5.71. The lowest BCUT2D eigenvalue weighted by Gasteiger charge is -2.16. The summed E-state index contributed by atoms with van der Waals surface area (Å²) in [7, 11) is 0. The first-order chi connectivity index (χ1) is 13.3. The van der Waals surface area contributed by atoms with Crippen LogP contribution >= 0.6 is 0 Å². The van der Waals surface area contributed by atoms with Crippen LogP contribution in [0.3, 0.4) is 0 Å². The van der Waals surface area contributed by atoms with Crippen LogP contribution in [0.5, 0.6) is 0 Å². The first-order valence-electron chi connectivity index (χ1n) is 8.46. The number of alkyl halides is 3. The van der Waals surface area contributed by atoms with Gasteiger partial charge < -0.3 is 19.5 Å². The molecule has 0 saturated carbocycles. The molecule has 8 nitrogen and oxygen atoms in total. The molecule has 28 heavy (non-hydrogen) atoms. The number of carbonyl (C=O) groups is 2. The van der Waals surface area contributed by atoms with E-state index in [1.54, 1.807) is 12.1 Å². The molecular formula is C17H17F3N4O4. The molecule has 11 heteroatoms. The van der Waals surface area contributed by atoms with Gasteiger partial charge in [-0.25, -0.2) is 4.79 Å². The number of benzene rings is 1. The molecule has 1 atom stereocenters. The Morgan fingerprint density at radius 2 is 2.04 bits per heavy atom. The van der Waals surface area contributed by atoms with Gasteiger partial charge in [-0.2, -0.15) is 18.2 Å². The monoisotopic (exact) mass is 398 g/mol. The van der Waals surface area contributed by atoms with Gasteiger partial charge in [-0.05, 0) is 12.0 Å². The fourth-order valence-corrected chi connectivity index (χ4v) is 2.75. The molecular weight excluding hydrogens is 381 g/mol. The van der Waals surface area contributed by atoms with Crippen LogP contribution in [-0.4, -0.2) is 46.7 Å². The summed E-state index contributed by atoms with van der Waals surface area (Å²) in [6, 6.07) is 9.05. The fraction of sp³-hybridized carbons (Fsp3) is 0.412. The molecule has 0 spiro atoms. The van der Waals surface area contributed by atoms with Gasteiger partial charge in [0, 0.05) is 19.0 Å². The van der Waals surface area contributed by atoms with Crippen LogP contribution in [0.1, 0.15) is 29.6 Å². The van der Waals surface area contributed by atoms with Gasteiger partial charge in [-0.1, -0.05) is 35.5 Å². The van der Waals surface area contributed by atoms with E-state index in [4.69, 9.17) is 4.74 Å². The van der Waals surface area contributed by atoms with Crippen molar-refractivity contribution in [1.82, 2.24) is 20.4 Å². The van der Waals surface area contributed by atoms with Crippen LogP contribution in [0.4, 0.5) is 18.0 Å². The zero-order valence-corrected chi connectivity index (χ0v) is 14.6. The van der Waals surface area contributed by atoms with Gasteiger partial charge in [0.2, 0.25) is 5.91 Å². The summed E-state index contributed by atoms with van der Waals surface area (Å²) in [5.74, 6) is -2.32. The molecule has 1 saturated heterocycles. The molecule has 1 aromatic carbocycles. The Bertz CT molecular complexity index is 825. The summed E-state index contributed by atoms with van der Waals surface area (Å²) >= 11 is 0. The van der Waals surface area contributed by atoms with Crippen LogP contribution in [-0.2, 0) is 22.3 Å². The number of aromatic nitrogens is 2. The Morgan fingerprint density at radius 1 is 1.29 bits per heavy atom. The van der Waals surface area contributed by atoms with Crippen molar-refractivity contribution in [3.05, 3.63) is 47.6 Å². The van der Waals surface area contributed by atoms with E-state index in [1.807, 2.05) is 18.2 Å². The Labute approximate surface area is 157 Å². The Kier molecular flexibility index (Phi) is 5.81. The predicted molar refractivity (Wildman–Crippen MR) is 87.9 cm³/mol.